The topological polar surface area (TPSA) is 50.9 Å². The number of hydrogen-bond donors (Lipinski definition) is 1. The van der Waals surface area contributed by atoms with Gasteiger partial charge < -0.3 is 5.11 Å². The van der Waals surface area contributed by atoms with Crippen LogP contribution in [0.15, 0.2) is 225 Å². The maximum Gasteiger partial charge on any atom is 0.148 e. The van der Waals surface area contributed by atoms with Crippen molar-refractivity contribution in [1.82, 2.24) is 14.5 Å². The van der Waals surface area contributed by atoms with Crippen molar-refractivity contribution in [2.75, 3.05) is 0 Å². The van der Waals surface area contributed by atoms with Crippen molar-refractivity contribution in [3.8, 4) is 89.7 Å². The molecule has 0 fully saturated rings. The first-order valence-electron chi connectivity index (χ1n) is 26.0. The molecule has 0 aliphatic heterocycles. The van der Waals surface area contributed by atoms with Gasteiger partial charge in [-0.3, -0.25) is 9.55 Å². The summed E-state index contributed by atoms with van der Waals surface area (Å²) in [5.74, 6) is 0.792. The second kappa shape index (κ2) is 20.7. The Balaban J connectivity index is 0.00000657. The van der Waals surface area contributed by atoms with Crippen LogP contribution >= 0.6 is 0 Å². The third-order valence-electron chi connectivity index (χ3n) is 14.9. The maximum atomic E-state index is 12.8. The number of benzene rings is 9. The number of fused-ring (bicyclic) bond motifs is 1. The normalized spacial score (nSPS) is 11.9. The van der Waals surface area contributed by atoms with E-state index in [2.05, 4.69) is 260 Å². The van der Waals surface area contributed by atoms with Crippen LogP contribution in [0.3, 0.4) is 0 Å². The summed E-state index contributed by atoms with van der Waals surface area (Å²) in [6.07, 6.45) is 1.92. The molecule has 0 aliphatic rings. The van der Waals surface area contributed by atoms with E-state index in [1.54, 1.807) is 0 Å². The molecule has 0 radical (unpaired) electrons. The Labute approximate surface area is 463 Å². The smallest absolute Gasteiger partial charge is 0.148 e. The van der Waals surface area contributed by atoms with Gasteiger partial charge in [-0.15, -0.1) is 29.3 Å². The van der Waals surface area contributed by atoms with Gasteiger partial charge in [-0.25, -0.2) is 4.98 Å². The summed E-state index contributed by atoms with van der Waals surface area (Å²) in [6, 6.07) is 80.9. The van der Waals surface area contributed by atoms with Gasteiger partial charge in [0, 0.05) is 49.5 Å². The number of nitrogens with zero attached hydrogens (tertiary/aromatic N) is 3. The Morgan fingerprint density at radius 2 is 0.961 bits per heavy atom. The van der Waals surface area contributed by atoms with E-state index in [0.717, 1.165) is 89.2 Å². The second-order valence-corrected chi connectivity index (χ2v) is 22.4. The largest absolute Gasteiger partial charge is 0.507 e. The number of phenolic OH excluding ortho intramolecular Hbond substituents is 1. The van der Waals surface area contributed by atoms with Crippen LogP contribution in [-0.4, -0.2) is 19.6 Å². The van der Waals surface area contributed by atoms with E-state index in [1.165, 1.54) is 16.7 Å². The third-order valence-corrected chi connectivity index (χ3v) is 14.9. The van der Waals surface area contributed by atoms with Gasteiger partial charge >= 0.3 is 0 Å². The Morgan fingerprint density at radius 3 is 1.62 bits per heavy atom. The fraction of sp³-hybridized carbons (Fsp3) is 0.155. The van der Waals surface area contributed by atoms with Gasteiger partial charge in [-0.05, 0) is 97.3 Å². The van der Waals surface area contributed by atoms with E-state index < -0.39 is 0 Å². The van der Waals surface area contributed by atoms with Gasteiger partial charge in [0.1, 0.15) is 11.6 Å². The Bertz CT molecular complexity index is 3870. The standard InChI is InChI=1S/C71H62N3O.Pt/c1-69(2,3)56-35-36-64(60(46-56)48-25-15-10-16-26-48)74-65-34-22-33-59(66(65)73-68(74)62-44-52(47-23-13-9-14-24-47)43-61(67(62)75)49-27-17-11-18-28-49)53-39-54(42-58(41-53)70(4,5)6)63-45-51(37-38-72-63)50-29-21-32-57(40-50)71(7,8)55-30-19-12-20-31-55;/h9-38,40-46,75H,1-8H3;/q-1;. The zero-order chi connectivity index (χ0) is 52.1. The van der Waals surface area contributed by atoms with E-state index >= 15 is 0 Å². The van der Waals surface area contributed by atoms with Crippen LogP contribution in [0, 0.1) is 6.07 Å². The molecule has 11 rings (SSSR count). The number of imidazole rings is 1. The van der Waals surface area contributed by atoms with Gasteiger partial charge in [0.2, 0.25) is 0 Å². The maximum absolute atomic E-state index is 12.8. The first-order chi connectivity index (χ1) is 36.1. The summed E-state index contributed by atoms with van der Waals surface area (Å²) >= 11 is 0. The average molecular weight is 1170 g/mol. The quantitative estimate of drug-likeness (QED) is 0.139. The number of hydrogen-bond acceptors (Lipinski definition) is 3. The number of aromatic hydroxyl groups is 1. The van der Waals surface area contributed by atoms with Crippen molar-refractivity contribution in [1.29, 1.82) is 0 Å². The van der Waals surface area contributed by atoms with Crippen LogP contribution in [-0.2, 0) is 37.3 Å². The summed E-state index contributed by atoms with van der Waals surface area (Å²) < 4.78 is 2.26. The third kappa shape index (κ3) is 10.0. The van der Waals surface area contributed by atoms with Crippen molar-refractivity contribution in [3.63, 3.8) is 0 Å². The molecule has 4 nitrogen and oxygen atoms in total. The summed E-state index contributed by atoms with van der Waals surface area (Å²) in [7, 11) is 0. The molecule has 5 heteroatoms. The first-order valence-corrected chi connectivity index (χ1v) is 26.0. The minimum Gasteiger partial charge on any atom is -0.507 e. The van der Waals surface area contributed by atoms with Crippen LogP contribution in [0.1, 0.15) is 77.6 Å². The number of para-hydroxylation sites is 1. The van der Waals surface area contributed by atoms with Crippen LogP contribution < -0.4 is 0 Å². The van der Waals surface area contributed by atoms with Crippen LogP contribution in [0.5, 0.6) is 5.75 Å². The first kappa shape index (κ1) is 51.6. The number of pyridine rings is 1. The molecule has 0 unspecified atom stereocenters. The molecule has 0 saturated heterocycles. The van der Waals surface area contributed by atoms with E-state index in [9.17, 15) is 5.11 Å². The monoisotopic (exact) mass is 1170 g/mol. The molecule has 0 aliphatic carbocycles. The predicted molar refractivity (Wildman–Crippen MR) is 313 cm³/mol. The molecule has 2 heterocycles. The zero-order valence-electron chi connectivity index (χ0n) is 44.5. The van der Waals surface area contributed by atoms with Gasteiger partial charge in [0.25, 0.3) is 0 Å². The number of phenols is 1. The van der Waals surface area contributed by atoms with Crippen LogP contribution in [0.4, 0.5) is 0 Å². The predicted octanol–water partition coefficient (Wildman–Crippen LogP) is 18.5. The molecule has 0 atom stereocenters. The molecule has 0 spiro atoms. The molecule has 0 amide bonds. The van der Waals surface area contributed by atoms with Gasteiger partial charge in [-0.2, -0.15) is 0 Å². The van der Waals surface area contributed by atoms with Gasteiger partial charge in [0.15, 0.2) is 0 Å². The molecule has 0 bridgehead atoms. The van der Waals surface area contributed by atoms with E-state index in [1.807, 2.05) is 30.5 Å². The van der Waals surface area contributed by atoms with Gasteiger partial charge in [0.05, 0.1) is 22.3 Å². The van der Waals surface area contributed by atoms with Crippen molar-refractivity contribution in [2.45, 2.75) is 71.6 Å². The van der Waals surface area contributed by atoms with E-state index in [-0.39, 0.29) is 43.1 Å². The molecule has 11 aromatic rings. The van der Waals surface area contributed by atoms with Crippen molar-refractivity contribution < 1.29 is 26.2 Å². The molecule has 378 valence electrons. The minimum absolute atomic E-state index is 0. The molecule has 76 heavy (non-hydrogen) atoms. The molecule has 0 saturated carbocycles. The van der Waals surface area contributed by atoms with Crippen molar-refractivity contribution in [2.24, 2.45) is 0 Å². The zero-order valence-corrected chi connectivity index (χ0v) is 46.7. The molecule has 2 aromatic heterocycles. The molecule has 1 N–H and O–H groups in total. The minimum atomic E-state index is -0.205. The summed E-state index contributed by atoms with van der Waals surface area (Å²) in [4.78, 5) is 10.8. The summed E-state index contributed by atoms with van der Waals surface area (Å²) in [5.41, 5.74) is 19.3. The van der Waals surface area contributed by atoms with Crippen molar-refractivity contribution in [3.05, 3.63) is 253 Å². The van der Waals surface area contributed by atoms with Crippen molar-refractivity contribution >= 4 is 11.0 Å². The van der Waals surface area contributed by atoms with Crippen LogP contribution in [0.2, 0.25) is 0 Å². The van der Waals surface area contributed by atoms with E-state index in [0.29, 0.717) is 11.4 Å². The number of rotatable bonds is 10. The summed E-state index contributed by atoms with van der Waals surface area (Å²) in [6.45, 7) is 18.1. The molecular weight excluding hydrogens is 1110 g/mol. The average Bonchev–Trinajstić information content (AvgIpc) is 3.84. The SMILES string of the molecule is CC(C)(C)c1cc(-c2cc(-c3cccc(C(C)(C)c4ccccc4)c3)ccn2)[c-]c(-c2cccc3c2nc(-c2cc(-c4ccccc4)cc(-c4ccccc4)c2O)n3-c2ccc(C(C)(C)C)cc2-c2ccccc2)c1.[Pt]. The van der Waals surface area contributed by atoms with Crippen LogP contribution in [0.25, 0.3) is 95.0 Å². The van der Waals surface area contributed by atoms with E-state index in [4.69, 9.17) is 9.97 Å². The fourth-order valence-corrected chi connectivity index (χ4v) is 10.4. The summed E-state index contributed by atoms with van der Waals surface area (Å²) in [5, 5.41) is 12.8. The Kier molecular flexibility index (Phi) is 14.0. The molecular formula is C71H62N3OPt-. The Morgan fingerprint density at radius 1 is 0.408 bits per heavy atom. The second-order valence-electron chi connectivity index (χ2n) is 22.4. The van der Waals surface area contributed by atoms with Gasteiger partial charge in [-0.1, -0.05) is 236 Å². The Hall–Kier alpha value is -7.91. The number of aromatic nitrogens is 3. The molecule has 9 aromatic carbocycles. The fourth-order valence-electron chi connectivity index (χ4n) is 10.4.